The minimum Gasteiger partial charge on any atom is -0.258 e. The summed E-state index contributed by atoms with van der Waals surface area (Å²) in [5.74, 6) is 0. The summed E-state index contributed by atoms with van der Waals surface area (Å²) in [6, 6.07) is 2.27. The molecule has 0 aromatic carbocycles. The molecule has 0 bridgehead atoms. The van der Waals surface area contributed by atoms with E-state index in [9.17, 15) is 0 Å². The highest BCUT2D eigenvalue weighted by molar-refractivity contribution is 5.33. The molecule has 1 nitrogen and oxygen atoms in total. The summed E-state index contributed by atoms with van der Waals surface area (Å²) >= 11 is 0. The average molecular weight is 205 g/mol. The molecule has 0 aliphatic rings. The number of aromatic nitrogens is 1. The summed E-state index contributed by atoms with van der Waals surface area (Å²) in [6.07, 6.45) is 5.89. The van der Waals surface area contributed by atoms with Gasteiger partial charge >= 0.3 is 0 Å². The lowest BCUT2D eigenvalue weighted by atomic mass is 9.96. The number of hydrogen-bond acceptors (Lipinski definition) is 1. The van der Waals surface area contributed by atoms with Gasteiger partial charge in [0.15, 0.2) is 0 Å². The van der Waals surface area contributed by atoms with E-state index >= 15 is 0 Å². The number of pyridine rings is 1. The lowest BCUT2D eigenvalue weighted by Crippen LogP contribution is -2.04. The molecule has 0 spiro atoms. The fourth-order valence-electron chi connectivity index (χ4n) is 2.18. The van der Waals surface area contributed by atoms with Crippen molar-refractivity contribution in [2.24, 2.45) is 0 Å². The molecular weight excluding hydrogens is 182 g/mol. The van der Waals surface area contributed by atoms with Crippen LogP contribution in [0.5, 0.6) is 0 Å². The van der Waals surface area contributed by atoms with Crippen molar-refractivity contribution in [1.82, 2.24) is 4.98 Å². The van der Waals surface area contributed by atoms with Gasteiger partial charge in [0.2, 0.25) is 0 Å². The number of nitrogens with zero attached hydrogens (tertiary/aromatic N) is 1. The summed E-state index contributed by atoms with van der Waals surface area (Å²) in [6.45, 7) is 8.80. The van der Waals surface area contributed by atoms with E-state index in [2.05, 4.69) is 38.7 Å². The van der Waals surface area contributed by atoms with E-state index in [1.807, 2.05) is 0 Å². The molecule has 0 aliphatic carbocycles. The molecule has 0 saturated heterocycles. The summed E-state index contributed by atoms with van der Waals surface area (Å²) in [7, 11) is 0. The Morgan fingerprint density at radius 3 is 2.27 bits per heavy atom. The Bertz CT molecular complexity index is 315. The van der Waals surface area contributed by atoms with E-state index in [1.165, 1.54) is 48.2 Å². The van der Waals surface area contributed by atoms with Gasteiger partial charge in [-0.3, -0.25) is 4.98 Å². The molecule has 0 unspecified atom stereocenters. The molecular formula is C14H23N. The Hall–Kier alpha value is -0.850. The molecule has 0 amide bonds. The van der Waals surface area contributed by atoms with E-state index in [1.54, 1.807) is 0 Å². The van der Waals surface area contributed by atoms with Crippen LogP contribution in [-0.4, -0.2) is 4.98 Å². The van der Waals surface area contributed by atoms with Gasteiger partial charge in [-0.25, -0.2) is 0 Å². The molecule has 1 heterocycles. The lowest BCUT2D eigenvalue weighted by Gasteiger charge is -2.13. The first-order chi connectivity index (χ1) is 7.22. The van der Waals surface area contributed by atoms with Crippen LogP contribution in [0.3, 0.4) is 0 Å². The maximum atomic E-state index is 4.65. The van der Waals surface area contributed by atoms with Crippen LogP contribution in [0.1, 0.15) is 56.1 Å². The maximum Gasteiger partial charge on any atom is 0.0438 e. The first kappa shape index (κ1) is 12.2. The topological polar surface area (TPSA) is 12.9 Å². The Morgan fingerprint density at radius 2 is 1.73 bits per heavy atom. The Kier molecular flexibility index (Phi) is 4.80. The highest BCUT2D eigenvalue weighted by Gasteiger charge is 2.08. The van der Waals surface area contributed by atoms with Crippen LogP contribution in [0.25, 0.3) is 0 Å². The Balaban J connectivity index is 3.14. The number of rotatable bonds is 5. The van der Waals surface area contributed by atoms with Crippen molar-refractivity contribution in [1.29, 1.82) is 0 Å². The molecule has 1 heteroatoms. The fourth-order valence-corrected chi connectivity index (χ4v) is 2.18. The zero-order valence-corrected chi connectivity index (χ0v) is 10.6. The maximum absolute atomic E-state index is 4.65. The predicted octanol–water partition coefficient (Wildman–Crippen LogP) is 3.86. The second-order valence-electron chi connectivity index (χ2n) is 4.20. The molecule has 1 aromatic rings. The van der Waals surface area contributed by atoms with Gasteiger partial charge in [0.05, 0.1) is 0 Å². The van der Waals surface area contributed by atoms with Crippen LogP contribution in [0.15, 0.2) is 6.07 Å². The molecule has 0 aliphatic heterocycles. The average Bonchev–Trinajstić information content (AvgIpc) is 2.22. The van der Waals surface area contributed by atoms with Crippen molar-refractivity contribution in [3.63, 3.8) is 0 Å². The van der Waals surface area contributed by atoms with Gasteiger partial charge < -0.3 is 0 Å². The lowest BCUT2D eigenvalue weighted by molar-refractivity contribution is 0.820. The van der Waals surface area contributed by atoms with Gasteiger partial charge in [0, 0.05) is 11.4 Å². The van der Waals surface area contributed by atoms with E-state index in [4.69, 9.17) is 0 Å². The minimum absolute atomic E-state index is 1.06. The number of aryl methyl sites for hydroxylation is 3. The van der Waals surface area contributed by atoms with Gasteiger partial charge in [-0.15, -0.1) is 0 Å². The van der Waals surface area contributed by atoms with Crippen molar-refractivity contribution < 1.29 is 0 Å². The third-order valence-corrected chi connectivity index (χ3v) is 2.78. The van der Waals surface area contributed by atoms with Crippen molar-refractivity contribution in [3.05, 3.63) is 28.6 Å². The number of hydrogen-bond donors (Lipinski definition) is 0. The van der Waals surface area contributed by atoms with Crippen molar-refractivity contribution in [2.75, 3.05) is 0 Å². The minimum atomic E-state index is 1.06. The quantitative estimate of drug-likeness (QED) is 0.711. The molecule has 0 N–H and O–H groups in total. The largest absolute Gasteiger partial charge is 0.258 e. The third kappa shape index (κ3) is 3.05. The second-order valence-corrected chi connectivity index (χ2v) is 4.20. The first-order valence-electron chi connectivity index (χ1n) is 6.21. The Labute approximate surface area is 93.9 Å². The monoisotopic (exact) mass is 205 g/mol. The van der Waals surface area contributed by atoms with Crippen LogP contribution in [0, 0.1) is 6.92 Å². The van der Waals surface area contributed by atoms with E-state index in [0.29, 0.717) is 0 Å². The highest BCUT2D eigenvalue weighted by Crippen LogP contribution is 2.19. The van der Waals surface area contributed by atoms with Gasteiger partial charge in [0.25, 0.3) is 0 Å². The van der Waals surface area contributed by atoms with Crippen LogP contribution in [0.4, 0.5) is 0 Å². The van der Waals surface area contributed by atoms with Gasteiger partial charge in [0.1, 0.15) is 0 Å². The summed E-state index contributed by atoms with van der Waals surface area (Å²) < 4.78 is 0. The van der Waals surface area contributed by atoms with Crippen molar-refractivity contribution >= 4 is 0 Å². The normalized spacial score (nSPS) is 10.7. The first-order valence-corrected chi connectivity index (χ1v) is 6.21. The summed E-state index contributed by atoms with van der Waals surface area (Å²) in [5, 5.41) is 0. The molecule has 0 atom stereocenters. The van der Waals surface area contributed by atoms with Gasteiger partial charge in [-0.2, -0.15) is 0 Å². The molecule has 0 saturated carbocycles. The van der Waals surface area contributed by atoms with Gasteiger partial charge in [-0.05, 0) is 43.4 Å². The van der Waals surface area contributed by atoms with E-state index in [0.717, 1.165) is 6.42 Å². The third-order valence-electron chi connectivity index (χ3n) is 2.78. The molecule has 1 rings (SSSR count). The van der Waals surface area contributed by atoms with Crippen molar-refractivity contribution in [2.45, 2.75) is 59.8 Å². The zero-order chi connectivity index (χ0) is 11.3. The van der Waals surface area contributed by atoms with Crippen LogP contribution in [-0.2, 0) is 19.3 Å². The SMILES string of the molecule is CCCc1cc(C)nc(CC)c1CCC. The molecule has 84 valence electrons. The van der Waals surface area contributed by atoms with E-state index in [-0.39, 0.29) is 0 Å². The molecule has 1 aromatic heterocycles. The van der Waals surface area contributed by atoms with Gasteiger partial charge in [-0.1, -0.05) is 33.6 Å². The second kappa shape index (κ2) is 5.89. The van der Waals surface area contributed by atoms with Crippen LogP contribution in [0.2, 0.25) is 0 Å². The van der Waals surface area contributed by atoms with E-state index < -0.39 is 0 Å². The summed E-state index contributed by atoms with van der Waals surface area (Å²) in [5.41, 5.74) is 5.55. The van der Waals surface area contributed by atoms with Crippen LogP contribution < -0.4 is 0 Å². The Morgan fingerprint density at radius 1 is 1.07 bits per heavy atom. The zero-order valence-electron chi connectivity index (χ0n) is 10.6. The highest BCUT2D eigenvalue weighted by atomic mass is 14.7. The van der Waals surface area contributed by atoms with Crippen molar-refractivity contribution in [3.8, 4) is 0 Å². The fraction of sp³-hybridized carbons (Fsp3) is 0.643. The smallest absolute Gasteiger partial charge is 0.0438 e. The molecule has 15 heavy (non-hydrogen) atoms. The molecule has 0 radical (unpaired) electrons. The summed E-state index contributed by atoms with van der Waals surface area (Å²) in [4.78, 5) is 4.65. The predicted molar refractivity (Wildman–Crippen MR) is 66.3 cm³/mol. The standard InChI is InChI=1S/C14H23N/c1-5-8-12-10-11(4)15-14(7-3)13(12)9-6-2/h10H,5-9H2,1-4H3. The molecule has 0 fully saturated rings. The van der Waals surface area contributed by atoms with Crippen LogP contribution >= 0.6 is 0 Å².